The lowest BCUT2D eigenvalue weighted by atomic mass is 10.1. The Morgan fingerprint density at radius 1 is 1.05 bits per heavy atom. The highest BCUT2D eigenvalue weighted by atomic mass is 16.5. The topological polar surface area (TPSA) is 38.5 Å². The Hall–Kier alpha value is -2.00. The third-order valence-electron chi connectivity index (χ3n) is 3.25. The van der Waals surface area contributed by atoms with Gasteiger partial charge in [0, 0.05) is 30.5 Å². The van der Waals surface area contributed by atoms with Crippen molar-refractivity contribution in [2.75, 3.05) is 19.1 Å². The lowest BCUT2D eigenvalue weighted by Crippen LogP contribution is -2.10. The molecule has 0 heterocycles. The molecular formula is C16H20N2O. The van der Waals surface area contributed by atoms with E-state index >= 15 is 0 Å². The first-order valence-corrected chi connectivity index (χ1v) is 6.35. The van der Waals surface area contributed by atoms with Gasteiger partial charge < -0.3 is 15.4 Å². The Balaban J connectivity index is 2.25. The average molecular weight is 256 g/mol. The highest BCUT2D eigenvalue weighted by Crippen LogP contribution is 2.27. The van der Waals surface area contributed by atoms with E-state index in [4.69, 9.17) is 10.5 Å². The first-order valence-electron chi connectivity index (χ1n) is 6.35. The molecule has 2 aromatic rings. The fourth-order valence-corrected chi connectivity index (χ4v) is 1.97. The summed E-state index contributed by atoms with van der Waals surface area (Å²) in [5.74, 6) is 0.858. The largest absolute Gasteiger partial charge is 0.497 e. The molecule has 0 bridgehead atoms. The predicted molar refractivity (Wildman–Crippen MR) is 80.1 cm³/mol. The molecule has 2 N–H and O–H groups in total. The molecule has 0 aliphatic heterocycles. The maximum atomic E-state index is 5.86. The Kier molecular flexibility index (Phi) is 4.07. The minimum Gasteiger partial charge on any atom is -0.497 e. The number of nitrogens with two attached hydrogens (primary N) is 1. The number of hydrogen-bond donors (Lipinski definition) is 1. The lowest BCUT2D eigenvalue weighted by Gasteiger charge is -2.20. The van der Waals surface area contributed by atoms with E-state index in [1.165, 1.54) is 0 Å². The Morgan fingerprint density at radius 3 is 2.32 bits per heavy atom. The highest BCUT2D eigenvalue weighted by Gasteiger charge is 2.06. The quantitative estimate of drug-likeness (QED) is 0.910. The van der Waals surface area contributed by atoms with Crippen LogP contribution in [0.1, 0.15) is 18.5 Å². The van der Waals surface area contributed by atoms with E-state index in [-0.39, 0.29) is 6.04 Å². The standard InChI is InChI=1S/C16H20N2O/c1-12(17)13-7-9-14(10-8-13)18(2)15-5-4-6-16(11-15)19-3/h4-12H,17H2,1-3H3/t12-/m1/s1. The third-order valence-corrected chi connectivity index (χ3v) is 3.25. The smallest absolute Gasteiger partial charge is 0.120 e. The van der Waals surface area contributed by atoms with Gasteiger partial charge >= 0.3 is 0 Å². The van der Waals surface area contributed by atoms with Gasteiger partial charge in [0.2, 0.25) is 0 Å². The molecule has 3 heteroatoms. The van der Waals surface area contributed by atoms with Crippen molar-refractivity contribution < 1.29 is 4.74 Å². The number of ether oxygens (including phenoxy) is 1. The zero-order valence-corrected chi connectivity index (χ0v) is 11.6. The summed E-state index contributed by atoms with van der Waals surface area (Å²) in [6.07, 6.45) is 0. The molecule has 0 aromatic heterocycles. The second-order valence-corrected chi connectivity index (χ2v) is 4.64. The van der Waals surface area contributed by atoms with Crippen molar-refractivity contribution in [1.82, 2.24) is 0 Å². The van der Waals surface area contributed by atoms with Gasteiger partial charge in [0.15, 0.2) is 0 Å². The van der Waals surface area contributed by atoms with E-state index in [2.05, 4.69) is 35.2 Å². The molecule has 0 amide bonds. The Morgan fingerprint density at radius 2 is 1.74 bits per heavy atom. The monoisotopic (exact) mass is 256 g/mol. The minimum absolute atomic E-state index is 0.0659. The number of anilines is 2. The van der Waals surface area contributed by atoms with Crippen LogP contribution in [0.3, 0.4) is 0 Å². The summed E-state index contributed by atoms with van der Waals surface area (Å²) >= 11 is 0. The summed E-state index contributed by atoms with van der Waals surface area (Å²) in [5.41, 5.74) is 9.21. The number of rotatable bonds is 4. The predicted octanol–water partition coefficient (Wildman–Crippen LogP) is 3.48. The average Bonchev–Trinajstić information content (AvgIpc) is 2.46. The molecule has 0 aliphatic rings. The molecular weight excluding hydrogens is 236 g/mol. The van der Waals surface area contributed by atoms with Crippen LogP contribution in [0.5, 0.6) is 5.75 Å². The zero-order valence-electron chi connectivity index (χ0n) is 11.6. The van der Waals surface area contributed by atoms with Gasteiger partial charge in [-0.3, -0.25) is 0 Å². The zero-order chi connectivity index (χ0) is 13.8. The molecule has 0 fully saturated rings. The molecule has 3 nitrogen and oxygen atoms in total. The maximum absolute atomic E-state index is 5.86. The minimum atomic E-state index is 0.0659. The molecule has 100 valence electrons. The summed E-state index contributed by atoms with van der Waals surface area (Å²) in [5, 5.41) is 0. The van der Waals surface area contributed by atoms with Crippen LogP contribution in [0.2, 0.25) is 0 Å². The molecule has 0 spiro atoms. The van der Waals surface area contributed by atoms with E-state index in [0.717, 1.165) is 22.7 Å². The van der Waals surface area contributed by atoms with E-state index in [9.17, 15) is 0 Å². The van der Waals surface area contributed by atoms with Gasteiger partial charge in [0.25, 0.3) is 0 Å². The number of methoxy groups -OCH3 is 1. The van der Waals surface area contributed by atoms with Crippen molar-refractivity contribution in [3.8, 4) is 5.75 Å². The fraction of sp³-hybridized carbons (Fsp3) is 0.250. The first-order chi connectivity index (χ1) is 9.11. The van der Waals surface area contributed by atoms with Gasteiger partial charge in [-0.15, -0.1) is 0 Å². The van der Waals surface area contributed by atoms with Crippen LogP contribution < -0.4 is 15.4 Å². The second kappa shape index (κ2) is 5.76. The SMILES string of the molecule is COc1cccc(N(C)c2ccc([C@@H](C)N)cc2)c1. The summed E-state index contributed by atoms with van der Waals surface area (Å²) in [6.45, 7) is 1.99. The summed E-state index contributed by atoms with van der Waals surface area (Å²) in [7, 11) is 3.71. The fourth-order valence-electron chi connectivity index (χ4n) is 1.97. The summed E-state index contributed by atoms with van der Waals surface area (Å²) < 4.78 is 5.25. The van der Waals surface area contributed by atoms with Gasteiger partial charge in [-0.1, -0.05) is 18.2 Å². The van der Waals surface area contributed by atoms with E-state index < -0.39 is 0 Å². The van der Waals surface area contributed by atoms with Gasteiger partial charge in [0.05, 0.1) is 7.11 Å². The number of benzene rings is 2. The molecule has 19 heavy (non-hydrogen) atoms. The molecule has 2 aromatic carbocycles. The van der Waals surface area contributed by atoms with E-state index in [0.29, 0.717) is 0 Å². The molecule has 0 unspecified atom stereocenters. The maximum Gasteiger partial charge on any atom is 0.120 e. The van der Waals surface area contributed by atoms with Crippen molar-refractivity contribution in [3.63, 3.8) is 0 Å². The van der Waals surface area contributed by atoms with E-state index in [1.807, 2.05) is 32.2 Å². The van der Waals surface area contributed by atoms with Crippen LogP contribution in [0.15, 0.2) is 48.5 Å². The van der Waals surface area contributed by atoms with Crippen LogP contribution in [-0.4, -0.2) is 14.2 Å². The number of nitrogens with zero attached hydrogens (tertiary/aromatic N) is 1. The molecule has 0 radical (unpaired) electrons. The van der Waals surface area contributed by atoms with Crippen LogP contribution in [0.4, 0.5) is 11.4 Å². The van der Waals surface area contributed by atoms with Gasteiger partial charge in [0.1, 0.15) is 5.75 Å². The van der Waals surface area contributed by atoms with Crippen LogP contribution in [0.25, 0.3) is 0 Å². The van der Waals surface area contributed by atoms with E-state index in [1.54, 1.807) is 7.11 Å². The van der Waals surface area contributed by atoms with Crippen molar-refractivity contribution in [2.45, 2.75) is 13.0 Å². The Bertz CT molecular complexity index is 535. The van der Waals surface area contributed by atoms with Crippen molar-refractivity contribution in [2.24, 2.45) is 5.73 Å². The molecule has 0 saturated carbocycles. The second-order valence-electron chi connectivity index (χ2n) is 4.64. The van der Waals surface area contributed by atoms with Gasteiger partial charge in [-0.05, 0) is 36.8 Å². The summed E-state index contributed by atoms with van der Waals surface area (Å²) in [6, 6.07) is 16.4. The van der Waals surface area contributed by atoms with Crippen LogP contribution >= 0.6 is 0 Å². The lowest BCUT2D eigenvalue weighted by molar-refractivity contribution is 0.415. The molecule has 0 saturated heterocycles. The molecule has 0 aliphatic carbocycles. The van der Waals surface area contributed by atoms with Gasteiger partial charge in [-0.2, -0.15) is 0 Å². The normalized spacial score (nSPS) is 12.0. The van der Waals surface area contributed by atoms with Crippen LogP contribution in [-0.2, 0) is 0 Å². The first kappa shape index (κ1) is 13.4. The molecule has 1 atom stereocenters. The van der Waals surface area contributed by atoms with Crippen molar-refractivity contribution in [1.29, 1.82) is 0 Å². The van der Waals surface area contributed by atoms with Crippen molar-refractivity contribution in [3.05, 3.63) is 54.1 Å². The van der Waals surface area contributed by atoms with Gasteiger partial charge in [-0.25, -0.2) is 0 Å². The van der Waals surface area contributed by atoms with Crippen molar-refractivity contribution >= 4 is 11.4 Å². The summed E-state index contributed by atoms with van der Waals surface area (Å²) in [4.78, 5) is 2.12. The third kappa shape index (κ3) is 3.06. The highest BCUT2D eigenvalue weighted by molar-refractivity contribution is 5.64. The van der Waals surface area contributed by atoms with Crippen LogP contribution in [0, 0.1) is 0 Å². The molecule has 2 rings (SSSR count). The number of hydrogen-bond acceptors (Lipinski definition) is 3. The Labute approximate surface area is 114 Å².